The summed E-state index contributed by atoms with van der Waals surface area (Å²) in [7, 11) is 0. The first-order valence-corrected chi connectivity index (χ1v) is 25.2. The molecule has 4 N–H and O–H groups in total. The molecule has 0 saturated carbocycles. The summed E-state index contributed by atoms with van der Waals surface area (Å²) >= 11 is 0. The molecule has 0 aliphatic heterocycles. The van der Waals surface area contributed by atoms with Gasteiger partial charge in [0, 0.05) is 0 Å². The van der Waals surface area contributed by atoms with E-state index >= 15 is 0 Å². The number of unbranched alkanes of at least 4 members (excludes halogenated alkanes) is 36. The smallest absolute Gasteiger partial charge is 0.249 e. The van der Waals surface area contributed by atoms with Gasteiger partial charge in [-0.2, -0.15) is 0 Å². The fraction of sp³-hybridized carbons (Fsp3) is 0.902. The molecule has 0 rings (SSSR count). The van der Waals surface area contributed by atoms with Gasteiger partial charge in [0.05, 0.1) is 18.8 Å². The molecule has 0 aliphatic rings. The molecule has 3 unspecified atom stereocenters. The number of carbonyl (C=O) groups is 1. The van der Waals surface area contributed by atoms with E-state index in [9.17, 15) is 20.1 Å². The molecule has 5 heteroatoms. The summed E-state index contributed by atoms with van der Waals surface area (Å²) in [6.07, 6.45) is 58.0. The normalized spacial score (nSPS) is 13.6. The number of carbonyl (C=O) groups excluding carboxylic acids is 1. The number of nitrogens with one attached hydrogen (secondary N) is 1. The van der Waals surface area contributed by atoms with Crippen LogP contribution in [0.3, 0.4) is 0 Å². The van der Waals surface area contributed by atoms with Gasteiger partial charge in [-0.25, -0.2) is 0 Å². The molecular formula is C51H99NO4. The molecule has 5 nitrogen and oxygen atoms in total. The lowest BCUT2D eigenvalue weighted by Gasteiger charge is -2.21. The monoisotopic (exact) mass is 790 g/mol. The maximum absolute atomic E-state index is 12.5. The predicted octanol–water partition coefficient (Wildman–Crippen LogP) is 14.9. The number of allylic oxidation sites excluding steroid dienone is 3. The van der Waals surface area contributed by atoms with E-state index in [4.69, 9.17) is 0 Å². The maximum Gasteiger partial charge on any atom is 0.249 e. The third-order valence-electron chi connectivity index (χ3n) is 11.8. The Hall–Kier alpha value is -1.17. The zero-order valence-electron chi connectivity index (χ0n) is 37.8. The maximum atomic E-state index is 12.5. The molecule has 0 aliphatic carbocycles. The van der Waals surface area contributed by atoms with Gasteiger partial charge in [-0.3, -0.25) is 4.79 Å². The van der Waals surface area contributed by atoms with Crippen LogP contribution in [0.5, 0.6) is 0 Å². The highest BCUT2D eigenvalue weighted by molar-refractivity contribution is 5.80. The summed E-state index contributed by atoms with van der Waals surface area (Å²) in [5.74, 6) is -0.503. The van der Waals surface area contributed by atoms with Crippen molar-refractivity contribution in [3.63, 3.8) is 0 Å². The molecule has 332 valence electrons. The van der Waals surface area contributed by atoms with Gasteiger partial charge in [0.15, 0.2) is 0 Å². The Balaban J connectivity index is 3.62. The van der Waals surface area contributed by atoms with Crippen LogP contribution in [0, 0.1) is 0 Å². The van der Waals surface area contributed by atoms with Gasteiger partial charge in [0.1, 0.15) is 6.10 Å². The molecule has 0 fully saturated rings. The third kappa shape index (κ3) is 41.0. The number of aliphatic hydroxyl groups excluding tert-OH is 3. The molecule has 0 spiro atoms. The fourth-order valence-corrected chi connectivity index (χ4v) is 7.83. The van der Waals surface area contributed by atoms with E-state index in [2.05, 4.69) is 31.3 Å². The first-order chi connectivity index (χ1) is 27.6. The van der Waals surface area contributed by atoms with E-state index in [0.29, 0.717) is 6.42 Å². The minimum absolute atomic E-state index is 0.363. The highest BCUT2D eigenvalue weighted by Gasteiger charge is 2.22. The number of hydrogen-bond donors (Lipinski definition) is 4. The van der Waals surface area contributed by atoms with Crippen molar-refractivity contribution in [3.8, 4) is 0 Å². The van der Waals surface area contributed by atoms with Crippen molar-refractivity contribution in [2.75, 3.05) is 6.61 Å². The van der Waals surface area contributed by atoms with Crippen molar-refractivity contribution < 1.29 is 20.1 Å². The number of amides is 1. The van der Waals surface area contributed by atoms with Crippen LogP contribution in [0.25, 0.3) is 0 Å². The van der Waals surface area contributed by atoms with E-state index in [1.165, 1.54) is 218 Å². The molecule has 0 saturated heterocycles. The van der Waals surface area contributed by atoms with E-state index in [0.717, 1.165) is 32.1 Å². The van der Waals surface area contributed by atoms with Crippen molar-refractivity contribution in [1.29, 1.82) is 0 Å². The second-order valence-corrected chi connectivity index (χ2v) is 17.4. The molecule has 3 atom stereocenters. The fourth-order valence-electron chi connectivity index (χ4n) is 7.83. The second kappa shape index (κ2) is 46.5. The summed E-state index contributed by atoms with van der Waals surface area (Å²) in [4.78, 5) is 12.5. The van der Waals surface area contributed by atoms with Gasteiger partial charge >= 0.3 is 0 Å². The van der Waals surface area contributed by atoms with Crippen molar-refractivity contribution in [2.24, 2.45) is 0 Å². The lowest BCUT2D eigenvalue weighted by Crippen LogP contribution is -2.48. The standard InChI is InChI=1S/C51H99NO4/c1-3-5-7-9-11-13-15-17-19-21-23-24-25-26-28-30-32-34-36-38-40-42-44-46-50(55)51(56)52-48(47-53)49(54)45-43-41-39-37-35-33-31-29-27-22-20-18-16-14-12-10-8-6-4-2/h26,28,43,45,48-50,53-55H,3-25,27,29-42,44,46-47H2,1-2H3,(H,52,56)/b28-26-,45-43+. The van der Waals surface area contributed by atoms with Crippen LogP contribution in [0.4, 0.5) is 0 Å². The van der Waals surface area contributed by atoms with Crippen LogP contribution in [-0.4, -0.2) is 46.1 Å². The van der Waals surface area contributed by atoms with Crippen LogP contribution in [0.2, 0.25) is 0 Å². The van der Waals surface area contributed by atoms with E-state index in [1.54, 1.807) is 6.08 Å². The minimum atomic E-state index is -1.10. The topological polar surface area (TPSA) is 89.8 Å². The molecule has 0 aromatic heterocycles. The molecule has 1 amide bonds. The zero-order chi connectivity index (χ0) is 40.8. The number of rotatable bonds is 46. The molecule has 0 aromatic carbocycles. The first-order valence-electron chi connectivity index (χ1n) is 25.2. The SMILES string of the molecule is CCCCCCCCCCCCCC/C=C\CCCCCCCCCC(O)C(=O)NC(CO)C(O)/C=C/CCCCCCCCCCCCCCCCCCC. The van der Waals surface area contributed by atoms with E-state index in [-0.39, 0.29) is 6.61 Å². The summed E-state index contributed by atoms with van der Waals surface area (Å²) in [6, 6.07) is -0.798. The Labute approximate surface area is 350 Å². The van der Waals surface area contributed by atoms with Crippen LogP contribution in [-0.2, 0) is 4.79 Å². The van der Waals surface area contributed by atoms with Crippen LogP contribution in [0.15, 0.2) is 24.3 Å². The van der Waals surface area contributed by atoms with E-state index < -0.39 is 24.2 Å². The molecule has 56 heavy (non-hydrogen) atoms. The second-order valence-electron chi connectivity index (χ2n) is 17.4. The van der Waals surface area contributed by atoms with Gasteiger partial charge < -0.3 is 20.6 Å². The van der Waals surface area contributed by atoms with Gasteiger partial charge in [-0.1, -0.05) is 250 Å². The average Bonchev–Trinajstić information content (AvgIpc) is 3.20. The largest absolute Gasteiger partial charge is 0.394 e. The zero-order valence-corrected chi connectivity index (χ0v) is 37.8. The Bertz CT molecular complexity index is 829. The molecular weight excluding hydrogens is 691 g/mol. The van der Waals surface area contributed by atoms with Crippen molar-refractivity contribution >= 4 is 5.91 Å². The summed E-state index contributed by atoms with van der Waals surface area (Å²) in [5.41, 5.74) is 0. The quantitative estimate of drug-likeness (QED) is 0.0365. The Morgan fingerprint density at radius 1 is 0.429 bits per heavy atom. The Morgan fingerprint density at radius 2 is 0.714 bits per heavy atom. The molecule has 0 aromatic rings. The highest BCUT2D eigenvalue weighted by Crippen LogP contribution is 2.16. The average molecular weight is 790 g/mol. The number of aliphatic hydroxyl groups is 3. The lowest BCUT2D eigenvalue weighted by atomic mass is 10.0. The molecule has 0 radical (unpaired) electrons. The number of hydrogen-bond acceptors (Lipinski definition) is 4. The summed E-state index contributed by atoms with van der Waals surface area (Å²) < 4.78 is 0. The van der Waals surface area contributed by atoms with Gasteiger partial charge in [-0.15, -0.1) is 0 Å². The van der Waals surface area contributed by atoms with Gasteiger partial charge in [-0.05, 0) is 44.9 Å². The van der Waals surface area contributed by atoms with Crippen LogP contribution >= 0.6 is 0 Å². The predicted molar refractivity (Wildman–Crippen MR) is 245 cm³/mol. The van der Waals surface area contributed by atoms with Crippen molar-refractivity contribution in [3.05, 3.63) is 24.3 Å². The highest BCUT2D eigenvalue weighted by atomic mass is 16.3. The van der Waals surface area contributed by atoms with Crippen molar-refractivity contribution in [1.82, 2.24) is 5.32 Å². The van der Waals surface area contributed by atoms with Crippen LogP contribution < -0.4 is 5.32 Å². The Kier molecular flexibility index (Phi) is 45.5. The molecule has 0 bridgehead atoms. The van der Waals surface area contributed by atoms with Gasteiger partial charge in [0.25, 0.3) is 0 Å². The Morgan fingerprint density at radius 3 is 1.04 bits per heavy atom. The third-order valence-corrected chi connectivity index (χ3v) is 11.8. The summed E-state index contributed by atoms with van der Waals surface area (Å²) in [6.45, 7) is 4.21. The minimum Gasteiger partial charge on any atom is -0.394 e. The van der Waals surface area contributed by atoms with Crippen LogP contribution in [0.1, 0.15) is 271 Å². The van der Waals surface area contributed by atoms with E-state index in [1.807, 2.05) is 6.08 Å². The van der Waals surface area contributed by atoms with Gasteiger partial charge in [0.2, 0.25) is 5.91 Å². The first kappa shape index (κ1) is 54.8. The molecule has 0 heterocycles. The summed E-state index contributed by atoms with van der Waals surface area (Å²) in [5, 5.41) is 33.3. The van der Waals surface area contributed by atoms with Crippen molar-refractivity contribution in [2.45, 2.75) is 289 Å². The lowest BCUT2D eigenvalue weighted by molar-refractivity contribution is -0.131.